The zero-order valence-corrected chi connectivity index (χ0v) is 8.65. The van der Waals surface area contributed by atoms with Crippen molar-refractivity contribution < 1.29 is 13.2 Å². The second-order valence-corrected chi connectivity index (χ2v) is 3.61. The van der Waals surface area contributed by atoms with Crippen molar-refractivity contribution in [2.45, 2.75) is 12.7 Å². The molecular weight excluding hydrogens is 231 g/mol. The number of nitriles is 1. The van der Waals surface area contributed by atoms with E-state index in [2.05, 4.69) is 4.98 Å². The molecule has 3 nitrogen and oxygen atoms in total. The molecule has 0 saturated heterocycles. The summed E-state index contributed by atoms with van der Waals surface area (Å²) < 4.78 is 38.7. The first-order chi connectivity index (χ1) is 8.02. The Kier molecular flexibility index (Phi) is 2.76. The molecule has 1 atom stereocenters. The third-order valence-corrected chi connectivity index (χ3v) is 2.46. The maximum Gasteiger partial charge on any atom is 0.406 e. The first-order valence-corrected chi connectivity index (χ1v) is 4.88. The predicted molar refractivity (Wildman–Crippen MR) is 54.9 cm³/mol. The fourth-order valence-corrected chi connectivity index (χ4v) is 1.57. The lowest BCUT2D eigenvalue weighted by atomic mass is 10.1. The standard InChI is InChI=1S/C11H8F3N3/c12-11(13,14)8(5-15)6-17-7-16-9-3-1-2-4-10(9)17/h1-4,7-8H,6H2. The summed E-state index contributed by atoms with van der Waals surface area (Å²) in [6.07, 6.45) is -3.19. The molecule has 1 unspecified atom stereocenters. The lowest BCUT2D eigenvalue weighted by Gasteiger charge is -2.13. The Morgan fingerprint density at radius 2 is 2.06 bits per heavy atom. The molecule has 0 amide bonds. The Labute approximate surface area is 95.1 Å². The summed E-state index contributed by atoms with van der Waals surface area (Å²) in [6, 6.07) is 8.13. The van der Waals surface area contributed by atoms with Crippen molar-refractivity contribution >= 4 is 11.0 Å². The topological polar surface area (TPSA) is 41.6 Å². The molecule has 0 radical (unpaired) electrons. The fraction of sp³-hybridized carbons (Fsp3) is 0.273. The van der Waals surface area contributed by atoms with E-state index in [0.717, 1.165) is 0 Å². The Morgan fingerprint density at radius 3 is 2.71 bits per heavy atom. The van der Waals surface area contributed by atoms with E-state index in [9.17, 15) is 13.2 Å². The summed E-state index contributed by atoms with van der Waals surface area (Å²) in [7, 11) is 0. The predicted octanol–water partition coefficient (Wildman–Crippen LogP) is 2.74. The van der Waals surface area contributed by atoms with Crippen LogP contribution in [0.1, 0.15) is 0 Å². The number of hydrogen-bond donors (Lipinski definition) is 0. The zero-order chi connectivity index (χ0) is 12.5. The maximum absolute atomic E-state index is 12.5. The number of imidazole rings is 1. The Balaban J connectivity index is 2.33. The Bertz CT molecular complexity index is 565. The van der Waals surface area contributed by atoms with Crippen LogP contribution in [0.4, 0.5) is 13.2 Å². The van der Waals surface area contributed by atoms with Crippen molar-refractivity contribution in [1.82, 2.24) is 9.55 Å². The van der Waals surface area contributed by atoms with Crippen LogP contribution in [0.3, 0.4) is 0 Å². The van der Waals surface area contributed by atoms with Crippen LogP contribution in [-0.2, 0) is 6.54 Å². The lowest BCUT2D eigenvalue weighted by Crippen LogP contribution is -2.25. The number of hydrogen-bond acceptors (Lipinski definition) is 2. The fourth-order valence-electron chi connectivity index (χ4n) is 1.57. The second kappa shape index (κ2) is 4.09. The Hall–Kier alpha value is -2.03. The molecule has 0 aliphatic heterocycles. The van der Waals surface area contributed by atoms with Gasteiger partial charge in [-0.3, -0.25) is 0 Å². The lowest BCUT2D eigenvalue weighted by molar-refractivity contribution is -0.161. The van der Waals surface area contributed by atoms with Crippen molar-refractivity contribution in [3.63, 3.8) is 0 Å². The number of nitrogens with zero attached hydrogens (tertiary/aromatic N) is 3. The normalized spacial score (nSPS) is 13.5. The first kappa shape index (κ1) is 11.5. The van der Waals surface area contributed by atoms with E-state index in [4.69, 9.17) is 5.26 Å². The molecule has 6 heteroatoms. The number of para-hydroxylation sites is 2. The maximum atomic E-state index is 12.5. The van der Waals surface area contributed by atoms with Crippen LogP contribution in [-0.4, -0.2) is 15.7 Å². The summed E-state index contributed by atoms with van der Waals surface area (Å²) in [5.74, 6) is -2.01. The molecular formula is C11H8F3N3. The molecule has 2 rings (SSSR count). The highest BCUT2D eigenvalue weighted by Crippen LogP contribution is 2.27. The van der Waals surface area contributed by atoms with Gasteiger partial charge in [-0.2, -0.15) is 18.4 Å². The molecule has 0 saturated carbocycles. The van der Waals surface area contributed by atoms with E-state index < -0.39 is 18.6 Å². The van der Waals surface area contributed by atoms with E-state index in [1.165, 1.54) is 17.0 Å². The number of alkyl halides is 3. The average molecular weight is 239 g/mol. The van der Waals surface area contributed by atoms with Gasteiger partial charge in [0.15, 0.2) is 5.92 Å². The van der Waals surface area contributed by atoms with Gasteiger partial charge in [-0.1, -0.05) is 12.1 Å². The van der Waals surface area contributed by atoms with E-state index in [1.807, 2.05) is 0 Å². The van der Waals surface area contributed by atoms with Gasteiger partial charge in [0.05, 0.1) is 23.4 Å². The van der Waals surface area contributed by atoms with Gasteiger partial charge in [-0.25, -0.2) is 4.98 Å². The van der Waals surface area contributed by atoms with Gasteiger partial charge >= 0.3 is 6.18 Å². The molecule has 88 valence electrons. The van der Waals surface area contributed by atoms with Gasteiger partial charge in [0.25, 0.3) is 0 Å². The highest BCUT2D eigenvalue weighted by Gasteiger charge is 2.40. The van der Waals surface area contributed by atoms with Gasteiger partial charge in [0.1, 0.15) is 0 Å². The van der Waals surface area contributed by atoms with Crippen LogP contribution < -0.4 is 0 Å². The molecule has 0 spiro atoms. The smallest absolute Gasteiger partial charge is 0.329 e. The average Bonchev–Trinajstić information content (AvgIpc) is 2.67. The van der Waals surface area contributed by atoms with Gasteiger partial charge in [-0.05, 0) is 12.1 Å². The minimum atomic E-state index is -4.51. The number of halogens is 3. The molecule has 0 aliphatic carbocycles. The third kappa shape index (κ3) is 2.23. The third-order valence-electron chi connectivity index (χ3n) is 2.46. The highest BCUT2D eigenvalue weighted by atomic mass is 19.4. The minimum absolute atomic E-state index is 0.430. The van der Waals surface area contributed by atoms with Crippen molar-refractivity contribution in [3.8, 4) is 6.07 Å². The summed E-state index contributed by atoms with van der Waals surface area (Å²) in [6.45, 7) is -0.430. The van der Waals surface area contributed by atoms with E-state index >= 15 is 0 Å². The van der Waals surface area contributed by atoms with Gasteiger partial charge in [0, 0.05) is 6.54 Å². The summed E-state index contributed by atoms with van der Waals surface area (Å²) >= 11 is 0. The quantitative estimate of drug-likeness (QED) is 0.808. The number of benzene rings is 1. The van der Waals surface area contributed by atoms with Crippen LogP contribution in [0.2, 0.25) is 0 Å². The van der Waals surface area contributed by atoms with Gasteiger partial charge in [-0.15, -0.1) is 0 Å². The first-order valence-electron chi connectivity index (χ1n) is 4.88. The molecule has 1 aromatic heterocycles. The van der Waals surface area contributed by atoms with Crippen LogP contribution in [0, 0.1) is 17.2 Å². The monoisotopic (exact) mass is 239 g/mol. The SMILES string of the molecule is N#CC(Cn1cnc2ccccc21)C(F)(F)F. The van der Waals surface area contributed by atoms with Gasteiger partial charge < -0.3 is 4.57 Å². The summed E-state index contributed by atoms with van der Waals surface area (Å²) in [5, 5.41) is 8.53. The molecule has 1 heterocycles. The number of rotatable bonds is 2. The van der Waals surface area contributed by atoms with E-state index in [-0.39, 0.29) is 0 Å². The van der Waals surface area contributed by atoms with Crippen LogP contribution in [0.5, 0.6) is 0 Å². The van der Waals surface area contributed by atoms with E-state index in [1.54, 1.807) is 24.3 Å². The Morgan fingerprint density at radius 1 is 1.35 bits per heavy atom. The molecule has 0 aliphatic rings. The minimum Gasteiger partial charge on any atom is -0.329 e. The van der Waals surface area contributed by atoms with Crippen LogP contribution in [0.25, 0.3) is 11.0 Å². The highest BCUT2D eigenvalue weighted by molar-refractivity contribution is 5.74. The van der Waals surface area contributed by atoms with Crippen molar-refractivity contribution in [1.29, 1.82) is 5.26 Å². The van der Waals surface area contributed by atoms with Crippen LogP contribution >= 0.6 is 0 Å². The molecule has 2 aromatic rings. The summed E-state index contributed by atoms with van der Waals surface area (Å²) in [4.78, 5) is 3.97. The van der Waals surface area contributed by atoms with Crippen molar-refractivity contribution in [3.05, 3.63) is 30.6 Å². The molecule has 0 N–H and O–H groups in total. The zero-order valence-electron chi connectivity index (χ0n) is 8.65. The molecule has 0 bridgehead atoms. The van der Waals surface area contributed by atoms with E-state index in [0.29, 0.717) is 11.0 Å². The number of aromatic nitrogens is 2. The molecule has 1 aromatic carbocycles. The van der Waals surface area contributed by atoms with Crippen molar-refractivity contribution in [2.24, 2.45) is 5.92 Å². The number of fused-ring (bicyclic) bond motifs is 1. The second-order valence-electron chi connectivity index (χ2n) is 3.61. The largest absolute Gasteiger partial charge is 0.406 e. The summed E-state index contributed by atoms with van der Waals surface area (Å²) in [5.41, 5.74) is 1.21. The van der Waals surface area contributed by atoms with Gasteiger partial charge in [0.2, 0.25) is 0 Å². The van der Waals surface area contributed by atoms with Crippen LogP contribution in [0.15, 0.2) is 30.6 Å². The molecule has 17 heavy (non-hydrogen) atoms. The van der Waals surface area contributed by atoms with Crippen molar-refractivity contribution in [2.75, 3.05) is 0 Å². The molecule has 0 fully saturated rings.